The van der Waals surface area contributed by atoms with Crippen LogP contribution in [0.15, 0.2) is 18.2 Å². The van der Waals surface area contributed by atoms with Gasteiger partial charge in [-0.05, 0) is 25.5 Å². The van der Waals surface area contributed by atoms with Gasteiger partial charge in [0.1, 0.15) is 5.75 Å². The van der Waals surface area contributed by atoms with E-state index in [4.69, 9.17) is 10.5 Å². The van der Waals surface area contributed by atoms with Gasteiger partial charge in [0, 0.05) is 19.6 Å². The molecule has 0 saturated carbocycles. The van der Waals surface area contributed by atoms with E-state index in [1.165, 1.54) is 0 Å². The predicted molar refractivity (Wildman–Crippen MR) is 72.8 cm³/mol. The van der Waals surface area contributed by atoms with E-state index in [1.807, 2.05) is 26.0 Å². The number of carbonyl (C=O) groups excluding carboxylic acids is 1. The molecular formula is C13H21N3O2. The molecule has 0 unspecified atom stereocenters. The molecule has 0 atom stereocenters. The number of methoxy groups -OCH3 is 1. The van der Waals surface area contributed by atoms with Crippen LogP contribution in [0.1, 0.15) is 19.4 Å². The minimum atomic E-state index is -0.140. The number of carbonyl (C=O) groups is 1. The number of para-hydroxylation sites is 1. The largest absolute Gasteiger partial charge is 0.495 e. The fourth-order valence-corrected chi connectivity index (χ4v) is 1.76. The number of nitrogens with zero attached hydrogens (tertiary/aromatic N) is 1. The zero-order valence-electron chi connectivity index (χ0n) is 11.2. The van der Waals surface area contributed by atoms with E-state index in [1.54, 1.807) is 18.1 Å². The number of nitrogens with two attached hydrogens (primary N) is 1. The zero-order valence-corrected chi connectivity index (χ0v) is 11.2. The molecule has 18 heavy (non-hydrogen) atoms. The Bertz CT molecular complexity index is 381. The van der Waals surface area contributed by atoms with Gasteiger partial charge in [0.05, 0.1) is 12.8 Å². The normalized spacial score (nSPS) is 10.0. The molecule has 0 aliphatic carbocycles. The standard InChI is InChI=1S/C13H21N3O2/c1-4-16(5-2)13(17)15-12-10(9-14)7-6-8-11(12)18-3/h6-8H,4-5,9,14H2,1-3H3,(H,15,17). The molecule has 5 nitrogen and oxygen atoms in total. The van der Waals surface area contributed by atoms with Crippen LogP contribution >= 0.6 is 0 Å². The molecule has 0 radical (unpaired) electrons. The van der Waals surface area contributed by atoms with E-state index < -0.39 is 0 Å². The molecule has 1 aromatic carbocycles. The fourth-order valence-electron chi connectivity index (χ4n) is 1.76. The highest BCUT2D eigenvalue weighted by Gasteiger charge is 2.14. The third-order valence-electron chi connectivity index (χ3n) is 2.83. The Morgan fingerprint density at radius 3 is 2.56 bits per heavy atom. The van der Waals surface area contributed by atoms with Crippen LogP contribution in [0.2, 0.25) is 0 Å². The maximum Gasteiger partial charge on any atom is 0.321 e. The lowest BCUT2D eigenvalue weighted by atomic mass is 10.1. The summed E-state index contributed by atoms with van der Waals surface area (Å²) in [6, 6.07) is 5.39. The summed E-state index contributed by atoms with van der Waals surface area (Å²) in [6.45, 7) is 5.56. The first-order chi connectivity index (χ1) is 8.67. The quantitative estimate of drug-likeness (QED) is 0.841. The number of amides is 2. The highest BCUT2D eigenvalue weighted by atomic mass is 16.5. The van der Waals surface area contributed by atoms with Gasteiger partial charge in [-0.1, -0.05) is 12.1 Å². The van der Waals surface area contributed by atoms with Gasteiger partial charge in [0.2, 0.25) is 0 Å². The van der Waals surface area contributed by atoms with E-state index >= 15 is 0 Å². The van der Waals surface area contributed by atoms with Crippen molar-refractivity contribution in [1.82, 2.24) is 4.90 Å². The van der Waals surface area contributed by atoms with E-state index in [2.05, 4.69) is 5.32 Å². The molecule has 0 spiro atoms. The molecule has 3 N–H and O–H groups in total. The molecule has 1 aromatic rings. The molecule has 0 heterocycles. The monoisotopic (exact) mass is 251 g/mol. The number of benzene rings is 1. The van der Waals surface area contributed by atoms with Crippen molar-refractivity contribution in [3.63, 3.8) is 0 Å². The van der Waals surface area contributed by atoms with Crippen LogP contribution in [0.5, 0.6) is 5.75 Å². The van der Waals surface area contributed by atoms with Gasteiger partial charge in [0.25, 0.3) is 0 Å². The molecule has 0 aliphatic rings. The Kier molecular flexibility index (Phi) is 5.45. The van der Waals surface area contributed by atoms with Gasteiger partial charge < -0.3 is 20.7 Å². The van der Waals surface area contributed by atoms with Crippen molar-refractivity contribution < 1.29 is 9.53 Å². The molecule has 100 valence electrons. The van der Waals surface area contributed by atoms with Crippen molar-refractivity contribution >= 4 is 11.7 Å². The van der Waals surface area contributed by atoms with E-state index in [9.17, 15) is 4.79 Å². The second kappa shape index (κ2) is 6.86. The third-order valence-corrected chi connectivity index (χ3v) is 2.83. The molecule has 0 aromatic heterocycles. The van der Waals surface area contributed by atoms with Crippen molar-refractivity contribution in [1.29, 1.82) is 0 Å². The SMILES string of the molecule is CCN(CC)C(=O)Nc1c(CN)cccc1OC. The number of hydrogen-bond acceptors (Lipinski definition) is 3. The van der Waals surface area contributed by atoms with E-state index in [-0.39, 0.29) is 6.03 Å². The average molecular weight is 251 g/mol. The van der Waals surface area contributed by atoms with Crippen LogP contribution in [0.4, 0.5) is 10.5 Å². The number of ether oxygens (including phenoxy) is 1. The summed E-state index contributed by atoms with van der Waals surface area (Å²) < 4.78 is 5.25. The maximum absolute atomic E-state index is 12.0. The van der Waals surface area contributed by atoms with E-state index in [0.717, 1.165) is 5.56 Å². The van der Waals surface area contributed by atoms with Crippen LogP contribution in [0.25, 0.3) is 0 Å². The zero-order chi connectivity index (χ0) is 13.5. The lowest BCUT2D eigenvalue weighted by molar-refractivity contribution is 0.217. The van der Waals surface area contributed by atoms with Crippen molar-refractivity contribution in [2.75, 3.05) is 25.5 Å². The van der Waals surface area contributed by atoms with Gasteiger partial charge in [-0.15, -0.1) is 0 Å². The Labute approximate surface area is 108 Å². The van der Waals surface area contributed by atoms with Crippen LogP contribution in [0, 0.1) is 0 Å². The number of nitrogens with one attached hydrogen (secondary N) is 1. The molecule has 0 fully saturated rings. The lowest BCUT2D eigenvalue weighted by Crippen LogP contribution is -2.34. The Morgan fingerprint density at radius 2 is 2.06 bits per heavy atom. The van der Waals surface area contributed by atoms with Crippen molar-refractivity contribution in [3.8, 4) is 5.75 Å². The Balaban J connectivity index is 2.98. The van der Waals surface area contributed by atoms with Gasteiger partial charge in [-0.2, -0.15) is 0 Å². The molecule has 0 bridgehead atoms. The Hall–Kier alpha value is -1.75. The van der Waals surface area contributed by atoms with Gasteiger partial charge in [-0.25, -0.2) is 4.79 Å². The molecule has 2 amide bonds. The van der Waals surface area contributed by atoms with Crippen LogP contribution in [-0.4, -0.2) is 31.1 Å². The number of hydrogen-bond donors (Lipinski definition) is 2. The van der Waals surface area contributed by atoms with Gasteiger partial charge >= 0.3 is 6.03 Å². The van der Waals surface area contributed by atoms with Crippen LogP contribution in [0.3, 0.4) is 0 Å². The number of anilines is 1. The van der Waals surface area contributed by atoms with E-state index in [0.29, 0.717) is 31.1 Å². The second-order valence-corrected chi connectivity index (χ2v) is 3.80. The van der Waals surface area contributed by atoms with Crippen molar-refractivity contribution in [2.45, 2.75) is 20.4 Å². The summed E-state index contributed by atoms with van der Waals surface area (Å²) >= 11 is 0. The summed E-state index contributed by atoms with van der Waals surface area (Å²) in [4.78, 5) is 13.7. The maximum atomic E-state index is 12.0. The second-order valence-electron chi connectivity index (χ2n) is 3.80. The smallest absolute Gasteiger partial charge is 0.321 e. The number of rotatable bonds is 5. The molecule has 0 saturated heterocycles. The highest BCUT2D eigenvalue weighted by Crippen LogP contribution is 2.28. The summed E-state index contributed by atoms with van der Waals surface area (Å²) in [5.41, 5.74) is 7.18. The topological polar surface area (TPSA) is 67.6 Å². The van der Waals surface area contributed by atoms with Gasteiger partial charge in [-0.3, -0.25) is 0 Å². The minimum absolute atomic E-state index is 0.140. The Morgan fingerprint density at radius 1 is 1.39 bits per heavy atom. The first-order valence-electron chi connectivity index (χ1n) is 6.09. The molecule has 5 heteroatoms. The predicted octanol–water partition coefficient (Wildman–Crippen LogP) is 2.03. The first-order valence-corrected chi connectivity index (χ1v) is 6.09. The van der Waals surface area contributed by atoms with Gasteiger partial charge in [0.15, 0.2) is 0 Å². The van der Waals surface area contributed by atoms with Crippen LogP contribution in [-0.2, 0) is 6.54 Å². The van der Waals surface area contributed by atoms with Crippen molar-refractivity contribution in [2.24, 2.45) is 5.73 Å². The fraction of sp³-hybridized carbons (Fsp3) is 0.462. The summed E-state index contributed by atoms with van der Waals surface area (Å²) in [6.07, 6.45) is 0. The van der Waals surface area contributed by atoms with Crippen molar-refractivity contribution in [3.05, 3.63) is 23.8 Å². The highest BCUT2D eigenvalue weighted by molar-refractivity contribution is 5.92. The molecule has 0 aliphatic heterocycles. The molecule has 1 rings (SSSR count). The summed E-state index contributed by atoms with van der Waals surface area (Å²) in [7, 11) is 1.57. The average Bonchev–Trinajstić information content (AvgIpc) is 2.40. The third kappa shape index (κ3) is 3.13. The first kappa shape index (κ1) is 14.3. The lowest BCUT2D eigenvalue weighted by Gasteiger charge is -2.21. The summed E-state index contributed by atoms with van der Waals surface area (Å²) in [5.74, 6) is 0.624. The number of urea groups is 1. The minimum Gasteiger partial charge on any atom is -0.495 e. The molecular weight excluding hydrogens is 230 g/mol. The summed E-state index contributed by atoms with van der Waals surface area (Å²) in [5, 5.41) is 2.86. The van der Waals surface area contributed by atoms with Crippen LogP contribution < -0.4 is 15.8 Å².